The van der Waals surface area contributed by atoms with E-state index in [1.54, 1.807) is 0 Å². The molecule has 10 aromatic carbocycles. The molecule has 0 radical (unpaired) electrons. The fourth-order valence-electron chi connectivity index (χ4n) is 11.1. The van der Waals surface area contributed by atoms with Gasteiger partial charge in [-0.2, -0.15) is 0 Å². The number of para-hydroxylation sites is 4. The van der Waals surface area contributed by atoms with Crippen molar-refractivity contribution >= 4 is 69.2 Å². The van der Waals surface area contributed by atoms with Crippen LogP contribution in [0.1, 0.15) is 72.2 Å². The summed E-state index contributed by atoms with van der Waals surface area (Å²) in [5, 5.41) is 2.58. The summed E-state index contributed by atoms with van der Waals surface area (Å²) in [6.45, 7) is 9.64. The minimum Gasteiger partial charge on any atom is -0.311 e. The standard InChI is InChI=1S/C68H54N2/c1-67(2)62-43-49(30-29-47-32-38-55(39-33-47)69(51-19-9-5-10-20-51)52-21-11-6-12-22-52)36-42-58(62)60-45-64-61(46-63(60)67)66-59-28-18-17-27-57(59)50(44-65(66)68(64,3)4)37-31-48-34-40-56(41-35-48)70(53-23-13-7-14-24-53)54-25-15-8-16-26-54/h5-46H,1-4H3. The molecule has 0 saturated carbocycles. The maximum atomic E-state index is 2.54. The molecule has 0 fully saturated rings. The highest BCUT2D eigenvalue weighted by Gasteiger charge is 2.42. The summed E-state index contributed by atoms with van der Waals surface area (Å²) in [5.41, 5.74) is 22.2. The summed E-state index contributed by atoms with van der Waals surface area (Å²) in [6, 6.07) is 83.7. The third kappa shape index (κ3) is 7.45. The molecule has 2 nitrogen and oxygen atoms in total. The molecule has 0 bridgehead atoms. The Morgan fingerprint density at radius 2 is 0.657 bits per heavy atom. The molecule has 0 amide bonds. The molecule has 0 aliphatic heterocycles. The highest BCUT2D eigenvalue weighted by Crippen LogP contribution is 2.58. The molecule has 0 atom stereocenters. The van der Waals surface area contributed by atoms with E-state index in [1.165, 1.54) is 72.0 Å². The SMILES string of the molecule is CC1(C)c2cc(C=Cc3ccc(N(c4ccccc4)c4ccccc4)cc3)ccc2-c2cc3c(cc21)-c1c(cc(C=Cc2ccc(N(c4ccccc4)c4ccccc4)cc2)c2ccccc12)C3(C)C. The Kier molecular flexibility index (Phi) is 10.6. The molecule has 12 rings (SSSR count). The number of anilines is 6. The maximum absolute atomic E-state index is 2.54. The Morgan fingerprint density at radius 1 is 0.286 bits per heavy atom. The third-order valence-corrected chi connectivity index (χ3v) is 14.8. The molecule has 0 saturated heterocycles. The zero-order valence-corrected chi connectivity index (χ0v) is 40.1. The van der Waals surface area contributed by atoms with E-state index < -0.39 is 0 Å². The summed E-state index contributed by atoms with van der Waals surface area (Å²) in [4.78, 5) is 4.61. The molecule has 0 spiro atoms. The molecule has 2 aliphatic carbocycles. The molecule has 2 heteroatoms. The zero-order chi connectivity index (χ0) is 47.4. The number of hydrogen-bond donors (Lipinski definition) is 0. The summed E-state index contributed by atoms with van der Waals surface area (Å²) >= 11 is 0. The minimum atomic E-state index is -0.184. The van der Waals surface area contributed by atoms with E-state index in [9.17, 15) is 0 Å². The molecular weight excluding hydrogens is 845 g/mol. The van der Waals surface area contributed by atoms with Crippen molar-refractivity contribution in [1.29, 1.82) is 0 Å². The lowest BCUT2D eigenvalue weighted by Gasteiger charge is -2.25. The van der Waals surface area contributed by atoms with Gasteiger partial charge in [-0.05, 0) is 169 Å². The first-order valence-electron chi connectivity index (χ1n) is 24.5. The average Bonchev–Trinajstić information content (AvgIpc) is 3.77. The van der Waals surface area contributed by atoms with Crippen LogP contribution < -0.4 is 9.80 Å². The third-order valence-electron chi connectivity index (χ3n) is 14.8. The fourth-order valence-corrected chi connectivity index (χ4v) is 11.1. The summed E-state index contributed by atoms with van der Waals surface area (Å²) < 4.78 is 0. The number of benzene rings is 10. The van der Waals surface area contributed by atoms with Crippen LogP contribution in [-0.2, 0) is 10.8 Å². The summed E-state index contributed by atoms with van der Waals surface area (Å²) in [5.74, 6) is 0. The Hall–Kier alpha value is -8.46. The predicted octanol–water partition coefficient (Wildman–Crippen LogP) is 18.7. The number of rotatable bonds is 10. The molecule has 0 N–H and O–H groups in total. The van der Waals surface area contributed by atoms with Gasteiger partial charge in [0.25, 0.3) is 0 Å². The highest BCUT2D eigenvalue weighted by atomic mass is 15.1. The van der Waals surface area contributed by atoms with E-state index in [2.05, 4.69) is 292 Å². The lowest BCUT2D eigenvalue weighted by molar-refractivity contribution is 0.652. The minimum absolute atomic E-state index is 0.163. The average molecular weight is 899 g/mol. The molecular formula is C68H54N2. The molecule has 336 valence electrons. The van der Waals surface area contributed by atoms with Gasteiger partial charge >= 0.3 is 0 Å². The van der Waals surface area contributed by atoms with Crippen molar-refractivity contribution in [1.82, 2.24) is 0 Å². The van der Waals surface area contributed by atoms with E-state index in [1.807, 2.05) is 0 Å². The van der Waals surface area contributed by atoms with Gasteiger partial charge in [-0.25, -0.2) is 0 Å². The van der Waals surface area contributed by atoms with Crippen LogP contribution >= 0.6 is 0 Å². The van der Waals surface area contributed by atoms with Crippen molar-refractivity contribution < 1.29 is 0 Å². The molecule has 0 unspecified atom stereocenters. The van der Waals surface area contributed by atoms with Crippen LogP contribution in [0.2, 0.25) is 0 Å². The van der Waals surface area contributed by atoms with Gasteiger partial charge in [0.2, 0.25) is 0 Å². The Bertz CT molecular complexity index is 3530. The van der Waals surface area contributed by atoms with E-state index in [4.69, 9.17) is 0 Å². The second kappa shape index (κ2) is 17.3. The molecule has 70 heavy (non-hydrogen) atoms. The van der Waals surface area contributed by atoms with E-state index in [-0.39, 0.29) is 10.8 Å². The largest absolute Gasteiger partial charge is 0.311 e. The lowest BCUT2D eigenvalue weighted by atomic mass is 9.79. The second-order valence-electron chi connectivity index (χ2n) is 19.8. The smallest absolute Gasteiger partial charge is 0.0462 e. The topological polar surface area (TPSA) is 6.48 Å². The van der Waals surface area contributed by atoms with Gasteiger partial charge < -0.3 is 9.80 Å². The van der Waals surface area contributed by atoms with Gasteiger partial charge in [-0.3, -0.25) is 0 Å². The van der Waals surface area contributed by atoms with Crippen LogP contribution in [0.3, 0.4) is 0 Å². The van der Waals surface area contributed by atoms with Crippen LogP contribution in [0.5, 0.6) is 0 Å². The van der Waals surface area contributed by atoms with Crippen LogP contribution in [0.25, 0.3) is 57.3 Å². The van der Waals surface area contributed by atoms with Crippen molar-refractivity contribution in [2.24, 2.45) is 0 Å². The Labute approximate surface area is 412 Å². The Balaban J connectivity index is 0.833. The first kappa shape index (κ1) is 42.9. The molecule has 0 heterocycles. The monoisotopic (exact) mass is 898 g/mol. The van der Waals surface area contributed by atoms with E-state index in [0.717, 1.165) is 39.7 Å². The van der Waals surface area contributed by atoms with Crippen LogP contribution in [0.4, 0.5) is 34.1 Å². The van der Waals surface area contributed by atoms with Crippen LogP contribution in [0.15, 0.2) is 231 Å². The molecule has 2 aliphatic rings. The molecule has 10 aromatic rings. The van der Waals surface area contributed by atoms with Gasteiger partial charge in [0, 0.05) is 45.0 Å². The number of nitrogens with zero attached hydrogens (tertiary/aromatic N) is 2. The van der Waals surface area contributed by atoms with Gasteiger partial charge in [-0.15, -0.1) is 0 Å². The number of hydrogen-bond acceptors (Lipinski definition) is 2. The highest BCUT2D eigenvalue weighted by molar-refractivity contribution is 6.07. The van der Waals surface area contributed by atoms with Crippen LogP contribution in [-0.4, -0.2) is 0 Å². The first-order valence-corrected chi connectivity index (χ1v) is 24.5. The van der Waals surface area contributed by atoms with Gasteiger partial charge in [0.15, 0.2) is 0 Å². The number of fused-ring (bicyclic) bond motifs is 8. The first-order chi connectivity index (χ1) is 34.2. The molecule has 0 aromatic heterocycles. The van der Waals surface area contributed by atoms with E-state index in [0.29, 0.717) is 0 Å². The van der Waals surface area contributed by atoms with Crippen molar-refractivity contribution in [2.45, 2.75) is 38.5 Å². The second-order valence-corrected chi connectivity index (χ2v) is 19.8. The quantitative estimate of drug-likeness (QED) is 0.126. The van der Waals surface area contributed by atoms with Gasteiger partial charge in [-0.1, -0.05) is 192 Å². The summed E-state index contributed by atoms with van der Waals surface area (Å²) in [7, 11) is 0. The maximum Gasteiger partial charge on any atom is 0.0462 e. The van der Waals surface area contributed by atoms with Crippen molar-refractivity contribution in [3.63, 3.8) is 0 Å². The Morgan fingerprint density at radius 3 is 1.17 bits per heavy atom. The zero-order valence-electron chi connectivity index (χ0n) is 40.1. The normalized spacial score (nSPS) is 13.8. The van der Waals surface area contributed by atoms with Crippen molar-refractivity contribution in [3.05, 3.63) is 275 Å². The van der Waals surface area contributed by atoms with Crippen molar-refractivity contribution in [3.8, 4) is 22.3 Å². The van der Waals surface area contributed by atoms with Crippen LogP contribution in [0, 0.1) is 0 Å². The van der Waals surface area contributed by atoms with Gasteiger partial charge in [0.05, 0.1) is 0 Å². The predicted molar refractivity (Wildman–Crippen MR) is 299 cm³/mol. The fraction of sp³-hybridized carbons (Fsp3) is 0.0882. The van der Waals surface area contributed by atoms with Gasteiger partial charge in [0.1, 0.15) is 0 Å². The van der Waals surface area contributed by atoms with E-state index >= 15 is 0 Å². The lowest BCUT2D eigenvalue weighted by Crippen LogP contribution is -2.17. The summed E-state index contributed by atoms with van der Waals surface area (Å²) in [6.07, 6.45) is 9.08. The van der Waals surface area contributed by atoms with Crippen molar-refractivity contribution in [2.75, 3.05) is 9.80 Å².